The molecule has 3 nitrogen and oxygen atoms in total. The van der Waals surface area contributed by atoms with Crippen molar-refractivity contribution in [2.45, 2.75) is 31.3 Å². The molecule has 21 heavy (non-hydrogen) atoms. The monoisotopic (exact) mass is 309 g/mol. The van der Waals surface area contributed by atoms with E-state index in [0.29, 0.717) is 17.1 Å². The Hall–Kier alpha value is -1.04. The lowest BCUT2D eigenvalue weighted by molar-refractivity contribution is 0.0256. The zero-order valence-electron chi connectivity index (χ0n) is 13.0. The highest BCUT2D eigenvalue weighted by atomic mass is 32.1. The highest BCUT2D eigenvalue weighted by Gasteiger charge is 2.39. The molecule has 0 amide bonds. The number of nitrogens with two attached hydrogens (primary N) is 1. The topological polar surface area (TPSA) is 32.5 Å². The van der Waals surface area contributed by atoms with Gasteiger partial charge in [0.05, 0.1) is 0 Å². The normalized spacial score (nSPS) is 17.0. The lowest BCUT2D eigenvalue weighted by Gasteiger charge is -2.49. The average Bonchev–Trinajstić information content (AvgIpc) is 2.35. The lowest BCUT2D eigenvalue weighted by atomic mass is 9.75. The van der Waals surface area contributed by atoms with E-state index >= 15 is 0 Å². The second kappa shape index (κ2) is 6.38. The number of rotatable bonds is 6. The van der Waals surface area contributed by atoms with Crippen molar-refractivity contribution in [3.63, 3.8) is 0 Å². The predicted octanol–water partition coefficient (Wildman–Crippen LogP) is 2.38. The van der Waals surface area contributed by atoms with Crippen LogP contribution in [0.3, 0.4) is 0 Å². The van der Waals surface area contributed by atoms with E-state index in [2.05, 4.69) is 23.9 Å². The summed E-state index contributed by atoms with van der Waals surface area (Å²) in [6.45, 7) is 1.51. The molecular formula is C16H24FN3S. The minimum absolute atomic E-state index is 0.200. The summed E-state index contributed by atoms with van der Waals surface area (Å²) >= 11 is 4.96. The van der Waals surface area contributed by atoms with Crippen LogP contribution in [0.25, 0.3) is 0 Å². The van der Waals surface area contributed by atoms with E-state index in [0.717, 1.165) is 12.1 Å². The fraction of sp³-hybridized carbons (Fsp3) is 0.562. The fourth-order valence-corrected chi connectivity index (χ4v) is 3.16. The van der Waals surface area contributed by atoms with Crippen molar-refractivity contribution < 1.29 is 4.39 Å². The molecule has 1 aliphatic carbocycles. The quantitative estimate of drug-likeness (QED) is 0.818. The van der Waals surface area contributed by atoms with Gasteiger partial charge in [-0.3, -0.25) is 0 Å². The van der Waals surface area contributed by atoms with Crippen LogP contribution in [0.15, 0.2) is 18.2 Å². The predicted molar refractivity (Wildman–Crippen MR) is 88.9 cm³/mol. The van der Waals surface area contributed by atoms with Gasteiger partial charge >= 0.3 is 0 Å². The van der Waals surface area contributed by atoms with Gasteiger partial charge in [0.25, 0.3) is 0 Å². The molecule has 0 unspecified atom stereocenters. The molecule has 1 saturated carbocycles. The molecule has 0 spiro atoms. The van der Waals surface area contributed by atoms with Crippen LogP contribution in [0.2, 0.25) is 0 Å². The maximum atomic E-state index is 14.0. The van der Waals surface area contributed by atoms with Crippen LogP contribution in [-0.4, -0.2) is 48.0 Å². The van der Waals surface area contributed by atoms with Gasteiger partial charge < -0.3 is 15.5 Å². The Labute approximate surface area is 131 Å². The number of halogens is 1. The Bertz CT molecular complexity index is 526. The number of benzene rings is 1. The summed E-state index contributed by atoms with van der Waals surface area (Å²) in [6, 6.07) is 4.84. The molecule has 0 atom stereocenters. The van der Waals surface area contributed by atoms with Crippen LogP contribution in [0, 0.1) is 5.82 Å². The van der Waals surface area contributed by atoms with Crippen LogP contribution in [-0.2, 0) is 6.54 Å². The first-order valence-electron chi connectivity index (χ1n) is 7.28. The van der Waals surface area contributed by atoms with Crippen molar-refractivity contribution in [2.24, 2.45) is 5.73 Å². The number of hydrogen-bond acceptors (Lipinski definition) is 3. The molecule has 0 aliphatic heterocycles. The Morgan fingerprint density at radius 1 is 1.33 bits per heavy atom. The van der Waals surface area contributed by atoms with Crippen molar-refractivity contribution in [1.29, 1.82) is 0 Å². The van der Waals surface area contributed by atoms with Gasteiger partial charge in [0.15, 0.2) is 0 Å². The first-order chi connectivity index (χ1) is 9.84. The van der Waals surface area contributed by atoms with Crippen molar-refractivity contribution in [3.8, 4) is 0 Å². The van der Waals surface area contributed by atoms with Crippen LogP contribution in [0.1, 0.15) is 30.4 Å². The Balaban J connectivity index is 2.07. The fourth-order valence-electron chi connectivity index (χ4n) is 3.03. The molecule has 1 fully saturated rings. The van der Waals surface area contributed by atoms with Crippen LogP contribution < -0.4 is 5.73 Å². The first kappa shape index (κ1) is 16.3. The molecule has 0 saturated heterocycles. The largest absolute Gasteiger partial charge is 0.389 e. The highest BCUT2D eigenvalue weighted by Crippen LogP contribution is 2.36. The number of nitrogens with zero attached hydrogens (tertiary/aromatic N) is 2. The third-order valence-corrected chi connectivity index (χ3v) is 4.80. The molecule has 1 aliphatic rings. The summed E-state index contributed by atoms with van der Waals surface area (Å²) in [4.78, 5) is 4.79. The second-order valence-corrected chi connectivity index (χ2v) is 6.75. The molecule has 1 aromatic carbocycles. The summed E-state index contributed by atoms with van der Waals surface area (Å²) in [5, 5.41) is 0. The van der Waals surface area contributed by atoms with Gasteiger partial charge in [0, 0.05) is 29.8 Å². The van der Waals surface area contributed by atoms with Crippen molar-refractivity contribution >= 4 is 17.2 Å². The summed E-state index contributed by atoms with van der Waals surface area (Å²) in [5.41, 5.74) is 7.24. The Morgan fingerprint density at radius 2 is 2.00 bits per heavy atom. The molecule has 0 radical (unpaired) electrons. The van der Waals surface area contributed by atoms with E-state index in [9.17, 15) is 4.39 Å². The van der Waals surface area contributed by atoms with E-state index in [4.69, 9.17) is 18.0 Å². The maximum absolute atomic E-state index is 14.0. The molecule has 2 N–H and O–H groups in total. The second-order valence-electron chi connectivity index (χ2n) is 6.32. The van der Waals surface area contributed by atoms with Gasteiger partial charge in [-0.05, 0) is 58.6 Å². The van der Waals surface area contributed by atoms with E-state index in [1.807, 2.05) is 7.05 Å². The number of thiocarbonyl (C=S) groups is 1. The van der Waals surface area contributed by atoms with Gasteiger partial charge in [-0.2, -0.15) is 0 Å². The average molecular weight is 309 g/mol. The highest BCUT2D eigenvalue weighted by molar-refractivity contribution is 7.80. The molecule has 0 bridgehead atoms. The van der Waals surface area contributed by atoms with Crippen LogP contribution in [0.4, 0.5) is 4.39 Å². The maximum Gasteiger partial charge on any atom is 0.127 e. The van der Waals surface area contributed by atoms with Crippen molar-refractivity contribution in [3.05, 3.63) is 35.1 Å². The van der Waals surface area contributed by atoms with E-state index < -0.39 is 0 Å². The molecular weight excluding hydrogens is 285 g/mol. The first-order valence-corrected chi connectivity index (χ1v) is 7.69. The van der Waals surface area contributed by atoms with Crippen LogP contribution >= 0.6 is 12.2 Å². The number of hydrogen-bond donors (Lipinski definition) is 1. The molecule has 5 heteroatoms. The molecule has 0 aromatic heterocycles. The SMILES string of the molecule is CN(Cc1cc(C(N)=S)ccc1F)CC1(N(C)C)CCC1. The van der Waals surface area contributed by atoms with Gasteiger partial charge in [-0.15, -0.1) is 0 Å². The Kier molecular flexibility index (Phi) is 4.96. The molecule has 2 rings (SSSR count). The summed E-state index contributed by atoms with van der Waals surface area (Å²) in [6.07, 6.45) is 3.69. The third-order valence-electron chi connectivity index (χ3n) is 4.57. The van der Waals surface area contributed by atoms with E-state index in [1.54, 1.807) is 12.1 Å². The minimum Gasteiger partial charge on any atom is -0.389 e. The third kappa shape index (κ3) is 3.59. The summed E-state index contributed by atoms with van der Waals surface area (Å²) < 4.78 is 14.0. The number of likely N-dealkylation sites (N-methyl/N-ethyl adjacent to an activating group) is 2. The van der Waals surface area contributed by atoms with Crippen molar-refractivity contribution in [1.82, 2.24) is 9.80 Å². The zero-order valence-corrected chi connectivity index (χ0v) is 13.8. The van der Waals surface area contributed by atoms with Gasteiger partial charge in [-0.25, -0.2) is 4.39 Å². The zero-order chi connectivity index (χ0) is 15.6. The van der Waals surface area contributed by atoms with E-state index in [-0.39, 0.29) is 11.4 Å². The Morgan fingerprint density at radius 3 is 2.48 bits per heavy atom. The molecule has 0 heterocycles. The lowest BCUT2D eigenvalue weighted by Crippen LogP contribution is -2.56. The van der Waals surface area contributed by atoms with Gasteiger partial charge in [0.2, 0.25) is 0 Å². The molecule has 116 valence electrons. The summed E-state index contributed by atoms with van der Waals surface area (Å²) in [5.74, 6) is -0.200. The summed E-state index contributed by atoms with van der Waals surface area (Å²) in [7, 11) is 6.29. The van der Waals surface area contributed by atoms with Gasteiger partial charge in [0.1, 0.15) is 10.8 Å². The molecule has 1 aromatic rings. The van der Waals surface area contributed by atoms with Gasteiger partial charge in [-0.1, -0.05) is 12.2 Å². The van der Waals surface area contributed by atoms with Crippen molar-refractivity contribution in [2.75, 3.05) is 27.7 Å². The van der Waals surface area contributed by atoms with E-state index in [1.165, 1.54) is 25.3 Å². The standard InChI is InChI=1S/C16H24FN3S/c1-19(2)16(7-4-8-16)11-20(3)10-13-9-12(15(18)21)5-6-14(13)17/h5-6,9H,4,7-8,10-11H2,1-3H3,(H2,18,21). The van der Waals surface area contributed by atoms with Crippen LogP contribution in [0.5, 0.6) is 0 Å². The smallest absolute Gasteiger partial charge is 0.127 e. The minimum atomic E-state index is -0.200.